The van der Waals surface area contributed by atoms with Crippen molar-refractivity contribution in [1.82, 2.24) is 5.32 Å². The summed E-state index contributed by atoms with van der Waals surface area (Å²) in [6.45, 7) is 5.12. The first-order valence-electron chi connectivity index (χ1n) is 7.46. The Hall–Kier alpha value is -2.27. The van der Waals surface area contributed by atoms with Crippen molar-refractivity contribution in [1.29, 1.82) is 0 Å². The zero-order chi connectivity index (χ0) is 17.0. The molecule has 2 aromatic rings. The summed E-state index contributed by atoms with van der Waals surface area (Å²) in [5.74, 6) is -1.000. The maximum absolute atomic E-state index is 13.7. The minimum atomic E-state index is -0.561. The predicted octanol–water partition coefficient (Wildman–Crippen LogP) is 3.95. The Bertz CT molecular complexity index is 703. The molecule has 23 heavy (non-hydrogen) atoms. The van der Waals surface area contributed by atoms with Gasteiger partial charge in [0.05, 0.1) is 6.04 Å². The standard InChI is InChI=1S/C18H20F2N2O/c1-11-8-9-14(10-17(11)20)22-18(23)13(3)21-12(2)15-6-4-5-7-16(15)19/h4-10,12-13,21H,1-3H3,(H,22,23). The van der Waals surface area contributed by atoms with E-state index in [1.165, 1.54) is 12.1 Å². The summed E-state index contributed by atoms with van der Waals surface area (Å²) in [5, 5.41) is 5.68. The molecule has 3 nitrogen and oxygen atoms in total. The van der Waals surface area contributed by atoms with Crippen molar-refractivity contribution >= 4 is 11.6 Å². The molecule has 0 radical (unpaired) electrons. The van der Waals surface area contributed by atoms with Crippen molar-refractivity contribution in [2.24, 2.45) is 0 Å². The van der Waals surface area contributed by atoms with Crippen LogP contribution in [-0.4, -0.2) is 11.9 Å². The van der Waals surface area contributed by atoms with E-state index in [1.807, 2.05) is 0 Å². The van der Waals surface area contributed by atoms with Gasteiger partial charge in [0.25, 0.3) is 0 Å². The Labute approximate surface area is 134 Å². The molecule has 0 heterocycles. The van der Waals surface area contributed by atoms with Gasteiger partial charge < -0.3 is 5.32 Å². The Morgan fingerprint density at radius 3 is 2.39 bits per heavy atom. The Balaban J connectivity index is 1.99. The van der Waals surface area contributed by atoms with Crippen LogP contribution in [0.3, 0.4) is 0 Å². The molecule has 2 atom stereocenters. The molecule has 0 aliphatic heterocycles. The summed E-state index contributed by atoms with van der Waals surface area (Å²) in [6, 6.07) is 10.1. The molecule has 0 spiro atoms. The summed E-state index contributed by atoms with van der Waals surface area (Å²) in [7, 11) is 0. The van der Waals surface area contributed by atoms with Crippen molar-refractivity contribution in [3.8, 4) is 0 Å². The fourth-order valence-electron chi connectivity index (χ4n) is 2.29. The monoisotopic (exact) mass is 318 g/mol. The Morgan fingerprint density at radius 1 is 1.04 bits per heavy atom. The van der Waals surface area contributed by atoms with E-state index in [4.69, 9.17) is 0 Å². The molecule has 2 rings (SSSR count). The van der Waals surface area contributed by atoms with Crippen LogP contribution >= 0.6 is 0 Å². The molecule has 0 aliphatic carbocycles. The lowest BCUT2D eigenvalue weighted by atomic mass is 10.1. The van der Waals surface area contributed by atoms with Gasteiger partial charge in [0, 0.05) is 17.3 Å². The number of anilines is 1. The van der Waals surface area contributed by atoms with Gasteiger partial charge in [0.1, 0.15) is 11.6 Å². The highest BCUT2D eigenvalue weighted by atomic mass is 19.1. The predicted molar refractivity (Wildman–Crippen MR) is 87.2 cm³/mol. The molecule has 0 saturated carbocycles. The van der Waals surface area contributed by atoms with Crippen molar-refractivity contribution in [3.63, 3.8) is 0 Å². The average molecular weight is 318 g/mol. The van der Waals surface area contributed by atoms with Crippen LogP contribution in [0.5, 0.6) is 0 Å². The molecular formula is C18H20F2N2O. The third-order valence-corrected chi connectivity index (χ3v) is 3.70. The van der Waals surface area contributed by atoms with Crippen LogP contribution in [0.15, 0.2) is 42.5 Å². The number of halogens is 2. The minimum absolute atomic E-state index is 0.309. The maximum atomic E-state index is 13.7. The normalized spacial score (nSPS) is 13.4. The smallest absolute Gasteiger partial charge is 0.241 e. The first-order chi connectivity index (χ1) is 10.9. The van der Waals surface area contributed by atoms with Crippen LogP contribution in [0.1, 0.15) is 31.0 Å². The van der Waals surface area contributed by atoms with Gasteiger partial charge in [0.2, 0.25) is 5.91 Å². The molecule has 0 fully saturated rings. The van der Waals surface area contributed by atoms with E-state index in [0.29, 0.717) is 16.8 Å². The van der Waals surface area contributed by atoms with E-state index < -0.39 is 6.04 Å². The van der Waals surface area contributed by atoms with Crippen LogP contribution in [-0.2, 0) is 4.79 Å². The number of hydrogen-bond donors (Lipinski definition) is 2. The molecule has 0 bridgehead atoms. The minimum Gasteiger partial charge on any atom is -0.325 e. The molecule has 0 aliphatic rings. The van der Waals surface area contributed by atoms with Gasteiger partial charge in [-0.15, -0.1) is 0 Å². The van der Waals surface area contributed by atoms with Gasteiger partial charge in [-0.1, -0.05) is 24.3 Å². The number of amides is 1. The van der Waals surface area contributed by atoms with Crippen LogP contribution in [0, 0.1) is 18.6 Å². The Morgan fingerprint density at radius 2 is 1.74 bits per heavy atom. The number of carbonyl (C=O) groups is 1. The van der Waals surface area contributed by atoms with Crippen molar-refractivity contribution in [2.45, 2.75) is 32.9 Å². The van der Waals surface area contributed by atoms with Crippen LogP contribution in [0.25, 0.3) is 0 Å². The SMILES string of the molecule is Cc1ccc(NC(=O)C(C)NC(C)c2ccccc2F)cc1F. The van der Waals surface area contributed by atoms with Crippen LogP contribution in [0.2, 0.25) is 0 Å². The molecule has 1 amide bonds. The lowest BCUT2D eigenvalue weighted by Gasteiger charge is -2.20. The molecular weight excluding hydrogens is 298 g/mol. The lowest BCUT2D eigenvalue weighted by Crippen LogP contribution is -2.39. The topological polar surface area (TPSA) is 41.1 Å². The van der Waals surface area contributed by atoms with Crippen LogP contribution < -0.4 is 10.6 Å². The van der Waals surface area contributed by atoms with E-state index in [1.54, 1.807) is 51.1 Å². The second-order valence-electron chi connectivity index (χ2n) is 5.58. The molecule has 0 aromatic heterocycles. The first-order valence-corrected chi connectivity index (χ1v) is 7.46. The molecule has 2 aromatic carbocycles. The molecule has 122 valence electrons. The second kappa shape index (κ2) is 7.33. The summed E-state index contributed by atoms with van der Waals surface area (Å²) in [4.78, 5) is 12.2. The second-order valence-corrected chi connectivity index (χ2v) is 5.58. The fraction of sp³-hybridized carbons (Fsp3) is 0.278. The van der Waals surface area contributed by atoms with E-state index in [2.05, 4.69) is 10.6 Å². The van der Waals surface area contributed by atoms with E-state index >= 15 is 0 Å². The summed E-state index contributed by atoms with van der Waals surface area (Å²) < 4.78 is 27.2. The van der Waals surface area contributed by atoms with Crippen molar-refractivity contribution < 1.29 is 13.6 Å². The van der Waals surface area contributed by atoms with Gasteiger partial charge in [-0.3, -0.25) is 10.1 Å². The van der Waals surface area contributed by atoms with Gasteiger partial charge in [-0.05, 0) is 44.5 Å². The van der Waals surface area contributed by atoms with Gasteiger partial charge in [0.15, 0.2) is 0 Å². The third kappa shape index (κ3) is 4.36. The third-order valence-electron chi connectivity index (χ3n) is 3.70. The molecule has 2 N–H and O–H groups in total. The first kappa shape index (κ1) is 17.1. The highest BCUT2D eigenvalue weighted by molar-refractivity contribution is 5.94. The number of rotatable bonds is 5. The fourth-order valence-corrected chi connectivity index (χ4v) is 2.29. The van der Waals surface area contributed by atoms with Crippen LogP contribution in [0.4, 0.5) is 14.5 Å². The number of hydrogen-bond acceptors (Lipinski definition) is 2. The zero-order valence-electron chi connectivity index (χ0n) is 13.4. The Kier molecular flexibility index (Phi) is 5.45. The van der Waals surface area contributed by atoms with E-state index in [9.17, 15) is 13.6 Å². The summed E-state index contributed by atoms with van der Waals surface area (Å²) in [5.41, 5.74) is 1.40. The molecule has 5 heteroatoms. The van der Waals surface area contributed by atoms with E-state index in [0.717, 1.165) is 0 Å². The van der Waals surface area contributed by atoms with Crippen molar-refractivity contribution in [2.75, 3.05) is 5.32 Å². The molecule has 0 saturated heterocycles. The maximum Gasteiger partial charge on any atom is 0.241 e. The number of carbonyl (C=O) groups excluding carboxylic acids is 1. The number of nitrogens with one attached hydrogen (secondary N) is 2. The van der Waals surface area contributed by atoms with Gasteiger partial charge in [-0.25, -0.2) is 8.78 Å². The van der Waals surface area contributed by atoms with E-state index in [-0.39, 0.29) is 23.6 Å². The summed E-state index contributed by atoms with van der Waals surface area (Å²) >= 11 is 0. The highest BCUT2D eigenvalue weighted by Gasteiger charge is 2.18. The van der Waals surface area contributed by atoms with Crippen molar-refractivity contribution in [3.05, 3.63) is 65.2 Å². The average Bonchev–Trinajstić information content (AvgIpc) is 2.51. The zero-order valence-corrected chi connectivity index (χ0v) is 13.4. The summed E-state index contributed by atoms with van der Waals surface area (Å²) in [6.07, 6.45) is 0. The lowest BCUT2D eigenvalue weighted by molar-refractivity contribution is -0.117. The largest absolute Gasteiger partial charge is 0.325 e. The quantitative estimate of drug-likeness (QED) is 0.876. The van der Waals surface area contributed by atoms with Gasteiger partial charge in [-0.2, -0.15) is 0 Å². The van der Waals surface area contributed by atoms with Gasteiger partial charge >= 0.3 is 0 Å². The highest BCUT2D eigenvalue weighted by Crippen LogP contribution is 2.17. The molecule has 2 unspecified atom stereocenters. The number of aryl methyl sites for hydroxylation is 1. The number of benzene rings is 2.